The molecular formula is C23H15Cl2F3N2O3. The first kappa shape index (κ1) is 24.4. The van der Waals surface area contributed by atoms with Crippen LogP contribution in [0.1, 0.15) is 24.0 Å². The van der Waals surface area contributed by atoms with Gasteiger partial charge in [0, 0.05) is 18.3 Å². The van der Waals surface area contributed by atoms with E-state index in [2.05, 4.69) is 4.98 Å². The average molecular weight is 495 g/mol. The first-order valence-corrected chi connectivity index (χ1v) is 10.2. The topological polar surface area (TPSA) is 72.2 Å². The second kappa shape index (κ2) is 10.1. The van der Waals surface area contributed by atoms with Crippen molar-refractivity contribution >= 4 is 29.0 Å². The fourth-order valence-corrected chi connectivity index (χ4v) is 3.14. The number of ether oxygens (including phenoxy) is 2. The molecule has 0 N–H and O–H groups in total. The van der Waals surface area contributed by atoms with Crippen LogP contribution in [0.2, 0.25) is 10.0 Å². The minimum atomic E-state index is -4.50. The highest BCUT2D eigenvalue weighted by Gasteiger charge is 2.31. The fourth-order valence-electron chi connectivity index (χ4n) is 2.83. The lowest BCUT2D eigenvalue weighted by Crippen LogP contribution is -2.28. The zero-order chi connectivity index (χ0) is 24.2. The minimum absolute atomic E-state index is 0.0477. The predicted molar refractivity (Wildman–Crippen MR) is 116 cm³/mol. The van der Waals surface area contributed by atoms with Gasteiger partial charge in [0.2, 0.25) is 5.88 Å². The van der Waals surface area contributed by atoms with Gasteiger partial charge in [-0.2, -0.15) is 18.4 Å². The number of hydrogen-bond acceptors (Lipinski definition) is 5. The average Bonchev–Trinajstić information content (AvgIpc) is 2.76. The van der Waals surface area contributed by atoms with Crippen LogP contribution >= 0.6 is 23.2 Å². The third kappa shape index (κ3) is 6.15. The van der Waals surface area contributed by atoms with Gasteiger partial charge in [0.05, 0.1) is 21.7 Å². The highest BCUT2D eigenvalue weighted by Crippen LogP contribution is 2.31. The molecule has 170 valence electrons. The molecule has 0 amide bonds. The van der Waals surface area contributed by atoms with Crippen molar-refractivity contribution < 1.29 is 27.4 Å². The molecule has 1 heterocycles. The van der Waals surface area contributed by atoms with Crippen LogP contribution in [-0.2, 0) is 11.0 Å². The smallest absolute Gasteiger partial charge is 0.417 e. The summed E-state index contributed by atoms with van der Waals surface area (Å²) in [4.78, 5) is 16.5. The summed E-state index contributed by atoms with van der Waals surface area (Å²) in [7, 11) is 0. The molecule has 0 bridgehead atoms. The number of ketones is 1. The number of aromatic nitrogens is 1. The number of benzene rings is 2. The third-order valence-electron chi connectivity index (χ3n) is 4.50. The van der Waals surface area contributed by atoms with Crippen molar-refractivity contribution in [3.05, 3.63) is 82.0 Å². The van der Waals surface area contributed by atoms with Gasteiger partial charge < -0.3 is 9.47 Å². The third-order valence-corrected chi connectivity index (χ3v) is 5.23. The van der Waals surface area contributed by atoms with Crippen LogP contribution in [0, 0.1) is 11.3 Å². The monoisotopic (exact) mass is 494 g/mol. The summed E-state index contributed by atoms with van der Waals surface area (Å²) in [6, 6.07) is 14.5. The van der Waals surface area contributed by atoms with Crippen molar-refractivity contribution in [2.24, 2.45) is 0 Å². The standard InChI is InChI=1S/C23H15Cl2F3N2O3/c1-13(22(31)18(11-29)14-5-7-19(24)20(25)9-14)32-16-3-2-4-17(10-16)33-21-8-6-15(12-30-21)23(26,27)28/h2-10,12-13,18H,1H3. The molecule has 33 heavy (non-hydrogen) atoms. The zero-order valence-electron chi connectivity index (χ0n) is 16.9. The van der Waals surface area contributed by atoms with Gasteiger partial charge in [-0.3, -0.25) is 4.79 Å². The number of carbonyl (C=O) groups excluding carboxylic acids is 1. The predicted octanol–water partition coefficient (Wildman–Crippen LogP) is 6.84. The molecular weight excluding hydrogens is 480 g/mol. The Morgan fingerprint density at radius 2 is 1.79 bits per heavy atom. The summed E-state index contributed by atoms with van der Waals surface area (Å²) in [6.45, 7) is 1.50. The van der Waals surface area contributed by atoms with E-state index in [-0.39, 0.29) is 22.4 Å². The lowest BCUT2D eigenvalue weighted by Gasteiger charge is -2.17. The number of nitrogens with zero attached hydrogens (tertiary/aromatic N) is 2. The molecule has 0 saturated carbocycles. The van der Waals surface area contributed by atoms with E-state index in [9.17, 15) is 23.2 Å². The molecule has 10 heteroatoms. The van der Waals surface area contributed by atoms with Gasteiger partial charge >= 0.3 is 6.18 Å². The Hall–Kier alpha value is -3.28. The Kier molecular flexibility index (Phi) is 7.46. The van der Waals surface area contributed by atoms with Crippen LogP contribution in [0.3, 0.4) is 0 Å². The lowest BCUT2D eigenvalue weighted by molar-refractivity contribution is -0.137. The van der Waals surface area contributed by atoms with E-state index in [0.717, 1.165) is 12.1 Å². The van der Waals surface area contributed by atoms with E-state index in [1.807, 2.05) is 6.07 Å². The molecule has 2 atom stereocenters. The van der Waals surface area contributed by atoms with Crippen LogP contribution in [0.25, 0.3) is 0 Å². The van der Waals surface area contributed by atoms with Crippen molar-refractivity contribution in [3.8, 4) is 23.4 Å². The van der Waals surface area contributed by atoms with Crippen molar-refractivity contribution in [2.75, 3.05) is 0 Å². The first-order chi connectivity index (χ1) is 15.6. The first-order valence-electron chi connectivity index (χ1n) is 9.44. The summed E-state index contributed by atoms with van der Waals surface area (Å²) in [5.74, 6) is -1.17. The molecule has 0 aliphatic rings. The van der Waals surface area contributed by atoms with Gasteiger partial charge in [0.15, 0.2) is 11.9 Å². The molecule has 0 fully saturated rings. The van der Waals surface area contributed by atoms with Crippen LogP contribution in [-0.4, -0.2) is 16.9 Å². The maximum atomic E-state index is 12.8. The summed E-state index contributed by atoms with van der Waals surface area (Å²) in [5, 5.41) is 10.0. The van der Waals surface area contributed by atoms with Gasteiger partial charge in [0.25, 0.3) is 0 Å². The van der Waals surface area contributed by atoms with Gasteiger partial charge in [-0.25, -0.2) is 4.98 Å². The molecule has 0 aliphatic carbocycles. The van der Waals surface area contributed by atoms with Gasteiger partial charge in [-0.15, -0.1) is 0 Å². The molecule has 5 nitrogen and oxygen atoms in total. The Morgan fingerprint density at radius 3 is 2.39 bits per heavy atom. The quantitative estimate of drug-likeness (QED) is 0.359. The molecule has 0 radical (unpaired) electrons. The lowest BCUT2D eigenvalue weighted by atomic mass is 9.93. The molecule has 0 spiro atoms. The summed E-state index contributed by atoms with van der Waals surface area (Å²) >= 11 is 11.9. The molecule has 3 rings (SSSR count). The summed E-state index contributed by atoms with van der Waals surface area (Å²) in [6.07, 6.45) is -4.83. The Morgan fingerprint density at radius 1 is 1.06 bits per heavy atom. The fraction of sp³-hybridized carbons (Fsp3) is 0.174. The SMILES string of the molecule is CC(Oc1cccc(Oc2ccc(C(F)(F)F)cn2)c1)C(=O)C(C#N)c1ccc(Cl)c(Cl)c1. The normalized spacial score (nSPS) is 13.0. The second-order valence-electron chi connectivity index (χ2n) is 6.86. The Labute approximate surface area is 197 Å². The van der Waals surface area contributed by atoms with Gasteiger partial charge in [-0.1, -0.05) is 35.3 Å². The zero-order valence-corrected chi connectivity index (χ0v) is 18.4. The number of pyridine rings is 1. The number of hydrogen-bond donors (Lipinski definition) is 0. The van der Waals surface area contributed by atoms with Gasteiger partial charge in [-0.05, 0) is 42.8 Å². The number of carbonyl (C=O) groups is 1. The van der Waals surface area contributed by atoms with E-state index >= 15 is 0 Å². The van der Waals surface area contributed by atoms with Crippen molar-refractivity contribution in [1.29, 1.82) is 5.26 Å². The van der Waals surface area contributed by atoms with Crippen LogP contribution in [0.5, 0.6) is 17.4 Å². The molecule has 0 aliphatic heterocycles. The van der Waals surface area contributed by atoms with Crippen molar-refractivity contribution in [3.63, 3.8) is 0 Å². The number of rotatable bonds is 7. The van der Waals surface area contributed by atoms with E-state index in [0.29, 0.717) is 16.8 Å². The Balaban J connectivity index is 1.70. The van der Waals surface area contributed by atoms with Crippen molar-refractivity contribution in [2.45, 2.75) is 25.1 Å². The molecule has 0 saturated heterocycles. The maximum absolute atomic E-state index is 12.8. The van der Waals surface area contributed by atoms with E-state index < -0.39 is 29.5 Å². The molecule has 1 aromatic heterocycles. The highest BCUT2D eigenvalue weighted by atomic mass is 35.5. The van der Waals surface area contributed by atoms with Crippen LogP contribution < -0.4 is 9.47 Å². The number of alkyl halides is 3. The Bertz CT molecular complexity index is 1190. The van der Waals surface area contributed by atoms with Gasteiger partial charge in [0.1, 0.15) is 17.4 Å². The summed E-state index contributed by atoms with van der Waals surface area (Å²) < 4.78 is 49.1. The number of Topliss-reactive ketones (excluding diaryl/α,β-unsaturated/α-hetero) is 1. The second-order valence-corrected chi connectivity index (χ2v) is 7.67. The maximum Gasteiger partial charge on any atom is 0.417 e. The van der Waals surface area contributed by atoms with Crippen LogP contribution in [0.4, 0.5) is 13.2 Å². The number of nitriles is 1. The van der Waals surface area contributed by atoms with Crippen LogP contribution in [0.15, 0.2) is 60.8 Å². The summed E-state index contributed by atoms with van der Waals surface area (Å²) in [5.41, 5.74) is -0.508. The van der Waals surface area contributed by atoms with E-state index in [1.165, 1.54) is 31.2 Å². The van der Waals surface area contributed by atoms with E-state index in [1.54, 1.807) is 18.2 Å². The van der Waals surface area contributed by atoms with E-state index in [4.69, 9.17) is 32.7 Å². The highest BCUT2D eigenvalue weighted by molar-refractivity contribution is 6.42. The molecule has 2 unspecified atom stereocenters. The van der Waals surface area contributed by atoms with Crippen molar-refractivity contribution in [1.82, 2.24) is 4.98 Å². The molecule has 2 aromatic carbocycles. The minimum Gasteiger partial charge on any atom is -0.483 e. The number of halogens is 5. The molecule has 3 aromatic rings. The largest absolute Gasteiger partial charge is 0.483 e.